The smallest absolute Gasteiger partial charge is 0.248 e. The third-order valence-electron chi connectivity index (χ3n) is 4.20. The summed E-state index contributed by atoms with van der Waals surface area (Å²) in [6.45, 7) is 12.9. The van der Waals surface area contributed by atoms with Gasteiger partial charge in [0.1, 0.15) is 29.8 Å². The Morgan fingerprint density at radius 2 is 2.07 bits per heavy atom. The third kappa shape index (κ3) is 7.27. The van der Waals surface area contributed by atoms with Gasteiger partial charge in [-0.3, -0.25) is 0 Å². The largest absolute Gasteiger partial charge is 0.466 e. The third-order valence-corrected chi connectivity index (χ3v) is 4.20. The fraction of sp³-hybridized carbons (Fsp3) is 0.632. The molecule has 0 bridgehead atoms. The fourth-order valence-corrected chi connectivity index (χ4v) is 2.83. The minimum atomic E-state index is -1.11. The predicted molar refractivity (Wildman–Crippen MR) is 120 cm³/mol. The van der Waals surface area contributed by atoms with Gasteiger partial charge in [0.2, 0.25) is 5.89 Å². The predicted octanol–water partition coefficient (Wildman–Crippen LogP) is 2.96. The lowest BCUT2D eigenvalue weighted by Gasteiger charge is -2.24. The van der Waals surface area contributed by atoms with E-state index in [0.29, 0.717) is 36.6 Å². The molecule has 2 heterocycles. The van der Waals surface area contributed by atoms with E-state index < -0.39 is 5.60 Å². The standard InChI is InChI=1S/C19H31N5O4.HI/c1-7-20-18(21-10-16-23-17(24-28-16)14(5)26-8-2)22-11-19(6,25)15-9-12(3)27-13(15)4;/h9,14,25H,7-8,10-11H2,1-6H3,(H2,20,21,22);1H. The molecule has 2 aromatic rings. The van der Waals surface area contributed by atoms with Gasteiger partial charge in [-0.2, -0.15) is 4.98 Å². The number of aliphatic hydroxyl groups is 1. The van der Waals surface area contributed by atoms with Gasteiger partial charge < -0.3 is 29.4 Å². The molecule has 9 nitrogen and oxygen atoms in total. The summed E-state index contributed by atoms with van der Waals surface area (Å²) in [7, 11) is 0. The molecular weight excluding hydrogens is 489 g/mol. The van der Waals surface area contributed by atoms with Crippen LogP contribution in [0.3, 0.4) is 0 Å². The number of furan rings is 1. The number of nitrogens with zero attached hydrogens (tertiary/aromatic N) is 3. The average Bonchev–Trinajstić information content (AvgIpc) is 3.24. The van der Waals surface area contributed by atoms with E-state index in [1.54, 1.807) is 6.92 Å². The molecule has 0 saturated heterocycles. The Morgan fingerprint density at radius 1 is 1.34 bits per heavy atom. The van der Waals surface area contributed by atoms with Crippen molar-refractivity contribution >= 4 is 29.9 Å². The average molecular weight is 521 g/mol. The van der Waals surface area contributed by atoms with Crippen molar-refractivity contribution in [2.24, 2.45) is 4.99 Å². The molecule has 2 atom stereocenters. The van der Waals surface area contributed by atoms with Crippen molar-refractivity contribution in [2.75, 3.05) is 19.7 Å². The molecule has 3 N–H and O–H groups in total. The maximum absolute atomic E-state index is 10.8. The molecule has 0 radical (unpaired) electrons. The first-order valence-corrected chi connectivity index (χ1v) is 9.53. The van der Waals surface area contributed by atoms with Gasteiger partial charge in [0, 0.05) is 18.7 Å². The molecule has 0 fully saturated rings. The molecule has 2 aromatic heterocycles. The van der Waals surface area contributed by atoms with Crippen molar-refractivity contribution in [3.8, 4) is 0 Å². The SMILES string of the molecule is CCNC(=NCc1nc(C(C)OCC)no1)NCC(C)(O)c1cc(C)oc1C.I. The van der Waals surface area contributed by atoms with E-state index in [0.717, 1.165) is 11.3 Å². The summed E-state index contributed by atoms with van der Waals surface area (Å²) >= 11 is 0. The highest BCUT2D eigenvalue weighted by Gasteiger charge is 2.28. The Hall–Kier alpha value is -1.66. The lowest BCUT2D eigenvalue weighted by Crippen LogP contribution is -2.44. The number of nitrogens with one attached hydrogen (secondary N) is 2. The lowest BCUT2D eigenvalue weighted by molar-refractivity contribution is 0.0601. The summed E-state index contributed by atoms with van der Waals surface area (Å²) in [5.41, 5.74) is -0.359. The Bertz CT molecular complexity index is 787. The van der Waals surface area contributed by atoms with Crippen LogP contribution in [0, 0.1) is 13.8 Å². The molecule has 2 unspecified atom stereocenters. The topological polar surface area (TPSA) is 118 Å². The van der Waals surface area contributed by atoms with Gasteiger partial charge >= 0.3 is 0 Å². The maximum Gasteiger partial charge on any atom is 0.248 e. The van der Waals surface area contributed by atoms with Crippen LogP contribution in [-0.4, -0.2) is 40.9 Å². The highest BCUT2D eigenvalue weighted by molar-refractivity contribution is 14.0. The molecule has 0 saturated carbocycles. The Labute approximate surface area is 188 Å². The number of hydrogen-bond donors (Lipinski definition) is 3. The van der Waals surface area contributed by atoms with Crippen LogP contribution < -0.4 is 10.6 Å². The first-order chi connectivity index (χ1) is 13.3. The van der Waals surface area contributed by atoms with Gasteiger partial charge in [0.15, 0.2) is 11.8 Å². The van der Waals surface area contributed by atoms with Crippen LogP contribution >= 0.6 is 24.0 Å². The molecule has 0 aliphatic heterocycles. The van der Waals surface area contributed by atoms with E-state index in [9.17, 15) is 5.11 Å². The van der Waals surface area contributed by atoms with Crippen molar-refractivity contribution in [1.82, 2.24) is 20.8 Å². The molecule has 0 aliphatic carbocycles. The van der Waals surface area contributed by atoms with Crippen LogP contribution in [0.4, 0.5) is 0 Å². The van der Waals surface area contributed by atoms with E-state index >= 15 is 0 Å². The summed E-state index contributed by atoms with van der Waals surface area (Å²) in [5.74, 6) is 2.90. The zero-order valence-corrected chi connectivity index (χ0v) is 20.2. The second kappa shape index (κ2) is 11.5. The molecule has 164 valence electrons. The van der Waals surface area contributed by atoms with Gasteiger partial charge in [-0.25, -0.2) is 4.99 Å². The van der Waals surface area contributed by atoms with Crippen LogP contribution in [-0.2, 0) is 16.9 Å². The van der Waals surface area contributed by atoms with E-state index in [4.69, 9.17) is 13.7 Å². The number of hydrogen-bond acceptors (Lipinski definition) is 7. The molecule has 0 amide bonds. The Balaban J connectivity index is 0.00000420. The number of rotatable bonds is 9. The summed E-state index contributed by atoms with van der Waals surface area (Å²) in [4.78, 5) is 8.75. The van der Waals surface area contributed by atoms with E-state index in [1.807, 2.05) is 40.7 Å². The summed E-state index contributed by atoms with van der Waals surface area (Å²) in [5, 5.41) is 21.0. The first-order valence-electron chi connectivity index (χ1n) is 9.53. The molecule has 0 spiro atoms. The Morgan fingerprint density at radius 3 is 2.66 bits per heavy atom. The highest BCUT2D eigenvalue weighted by atomic mass is 127. The number of halogens is 1. The Kier molecular flexibility index (Phi) is 10.1. The minimum absolute atomic E-state index is 0. The fourth-order valence-electron chi connectivity index (χ4n) is 2.83. The van der Waals surface area contributed by atoms with Crippen molar-refractivity contribution in [1.29, 1.82) is 0 Å². The monoisotopic (exact) mass is 521 g/mol. The van der Waals surface area contributed by atoms with Gasteiger partial charge in [0.05, 0.1) is 6.54 Å². The number of guanidine groups is 1. The van der Waals surface area contributed by atoms with Crippen LogP contribution in [0.1, 0.15) is 62.6 Å². The first kappa shape index (κ1) is 25.4. The van der Waals surface area contributed by atoms with Gasteiger partial charge in [-0.05, 0) is 47.6 Å². The van der Waals surface area contributed by atoms with Crippen LogP contribution in [0.15, 0.2) is 20.0 Å². The lowest BCUT2D eigenvalue weighted by atomic mass is 9.96. The number of aryl methyl sites for hydroxylation is 2. The zero-order valence-electron chi connectivity index (χ0n) is 17.9. The van der Waals surface area contributed by atoms with Gasteiger partial charge in [-0.1, -0.05) is 5.16 Å². The van der Waals surface area contributed by atoms with Crippen molar-refractivity contribution in [3.05, 3.63) is 34.9 Å². The van der Waals surface area contributed by atoms with Gasteiger partial charge in [-0.15, -0.1) is 24.0 Å². The van der Waals surface area contributed by atoms with Crippen LogP contribution in [0.5, 0.6) is 0 Å². The molecule has 10 heteroatoms. The molecular formula is C19H32IN5O4. The van der Waals surface area contributed by atoms with Crippen molar-refractivity contribution in [3.63, 3.8) is 0 Å². The maximum atomic E-state index is 10.8. The summed E-state index contributed by atoms with van der Waals surface area (Å²) in [6, 6.07) is 1.85. The quantitative estimate of drug-likeness (QED) is 0.262. The second-order valence-electron chi connectivity index (χ2n) is 6.79. The molecule has 29 heavy (non-hydrogen) atoms. The van der Waals surface area contributed by atoms with Crippen molar-refractivity contribution < 1.29 is 18.8 Å². The summed E-state index contributed by atoms with van der Waals surface area (Å²) < 4.78 is 16.2. The summed E-state index contributed by atoms with van der Waals surface area (Å²) in [6.07, 6.45) is -0.227. The normalized spacial score (nSPS) is 14.8. The second-order valence-corrected chi connectivity index (χ2v) is 6.79. The van der Waals surface area contributed by atoms with Crippen molar-refractivity contribution in [2.45, 2.75) is 59.8 Å². The molecule has 0 aliphatic rings. The number of aromatic nitrogens is 2. The van der Waals surface area contributed by atoms with E-state index in [2.05, 4.69) is 25.8 Å². The van der Waals surface area contributed by atoms with Gasteiger partial charge in [0.25, 0.3) is 0 Å². The van der Waals surface area contributed by atoms with Crippen LogP contribution in [0.2, 0.25) is 0 Å². The minimum Gasteiger partial charge on any atom is -0.466 e. The molecule has 2 rings (SSSR count). The molecule has 0 aromatic carbocycles. The van der Waals surface area contributed by atoms with E-state index in [1.165, 1.54) is 0 Å². The number of aliphatic imine (C=N–C) groups is 1. The van der Waals surface area contributed by atoms with Crippen LogP contribution in [0.25, 0.3) is 0 Å². The number of ether oxygens (including phenoxy) is 1. The zero-order chi connectivity index (χ0) is 20.7. The highest BCUT2D eigenvalue weighted by Crippen LogP contribution is 2.26. The van der Waals surface area contributed by atoms with E-state index in [-0.39, 0.29) is 43.2 Å².